The number of benzene rings is 1. The average Bonchev–Trinajstić information content (AvgIpc) is 2.43. The van der Waals surface area contributed by atoms with Crippen molar-refractivity contribution in [1.29, 1.82) is 0 Å². The fourth-order valence-electron chi connectivity index (χ4n) is 1.93. The number of hydrogen-bond acceptors (Lipinski definition) is 3. The Balaban J connectivity index is 2.21. The zero-order chi connectivity index (χ0) is 13.2. The van der Waals surface area contributed by atoms with E-state index in [4.69, 9.17) is 0 Å². The lowest BCUT2D eigenvalue weighted by Crippen LogP contribution is -2.27. The van der Waals surface area contributed by atoms with Gasteiger partial charge in [-0.05, 0) is 31.5 Å². The molecule has 3 heteroatoms. The second kappa shape index (κ2) is 8.70. The largest absolute Gasteiger partial charge is 0.469 e. The summed E-state index contributed by atoms with van der Waals surface area (Å²) in [4.78, 5) is 13.4. The van der Waals surface area contributed by atoms with Gasteiger partial charge in [0.05, 0.1) is 13.5 Å². The quantitative estimate of drug-likeness (QED) is 0.663. The molecule has 0 saturated carbocycles. The number of methoxy groups -OCH3 is 1. The van der Waals surface area contributed by atoms with Gasteiger partial charge in [-0.15, -0.1) is 0 Å². The van der Waals surface area contributed by atoms with Gasteiger partial charge in [-0.3, -0.25) is 4.79 Å². The minimum absolute atomic E-state index is 0.128. The predicted octanol–water partition coefficient (Wildman–Crippen LogP) is 2.50. The van der Waals surface area contributed by atoms with E-state index in [-0.39, 0.29) is 5.97 Å². The summed E-state index contributed by atoms with van der Waals surface area (Å²) < 4.78 is 4.65. The van der Waals surface area contributed by atoms with Gasteiger partial charge in [-0.1, -0.05) is 37.3 Å². The molecular formula is C15H23NO2. The molecule has 18 heavy (non-hydrogen) atoms. The van der Waals surface area contributed by atoms with E-state index < -0.39 is 0 Å². The maximum atomic E-state index is 11.1. The first-order valence-electron chi connectivity index (χ1n) is 6.59. The van der Waals surface area contributed by atoms with Crippen LogP contribution in [-0.4, -0.2) is 37.6 Å². The molecule has 0 aliphatic carbocycles. The summed E-state index contributed by atoms with van der Waals surface area (Å²) in [6, 6.07) is 10.5. The summed E-state index contributed by atoms with van der Waals surface area (Å²) in [7, 11) is 1.44. The highest BCUT2D eigenvalue weighted by Crippen LogP contribution is 2.04. The van der Waals surface area contributed by atoms with E-state index in [1.54, 1.807) is 0 Å². The Hall–Kier alpha value is -1.35. The van der Waals surface area contributed by atoms with Gasteiger partial charge in [-0.25, -0.2) is 0 Å². The van der Waals surface area contributed by atoms with E-state index >= 15 is 0 Å². The second-order valence-corrected chi connectivity index (χ2v) is 4.35. The molecule has 0 atom stereocenters. The number of nitrogens with zero attached hydrogens (tertiary/aromatic N) is 1. The third kappa shape index (κ3) is 5.82. The Morgan fingerprint density at radius 3 is 2.56 bits per heavy atom. The first-order valence-corrected chi connectivity index (χ1v) is 6.59. The number of aryl methyl sites for hydroxylation is 1. The molecule has 100 valence electrons. The van der Waals surface area contributed by atoms with Crippen LogP contribution in [0.1, 0.15) is 25.3 Å². The maximum Gasteiger partial charge on any atom is 0.306 e. The topological polar surface area (TPSA) is 29.5 Å². The molecule has 0 aliphatic rings. The summed E-state index contributed by atoms with van der Waals surface area (Å²) in [6.07, 6.45) is 2.70. The van der Waals surface area contributed by atoms with Crippen molar-refractivity contribution < 1.29 is 9.53 Å². The molecule has 0 bridgehead atoms. The van der Waals surface area contributed by atoms with Crippen LogP contribution in [0.4, 0.5) is 0 Å². The fourth-order valence-corrected chi connectivity index (χ4v) is 1.93. The first-order chi connectivity index (χ1) is 8.76. The van der Waals surface area contributed by atoms with Crippen LogP contribution in [-0.2, 0) is 16.0 Å². The molecule has 1 aromatic carbocycles. The molecule has 0 aliphatic heterocycles. The summed E-state index contributed by atoms with van der Waals surface area (Å²) in [6.45, 7) is 4.92. The SMILES string of the molecule is CCN(CCCc1ccccc1)CCC(=O)OC. The molecule has 1 rings (SSSR count). The zero-order valence-corrected chi connectivity index (χ0v) is 11.4. The molecule has 0 amide bonds. The first kappa shape index (κ1) is 14.7. The van der Waals surface area contributed by atoms with Crippen molar-refractivity contribution in [3.8, 4) is 0 Å². The monoisotopic (exact) mass is 249 g/mol. The molecule has 0 N–H and O–H groups in total. The van der Waals surface area contributed by atoms with Crippen LogP contribution < -0.4 is 0 Å². The van der Waals surface area contributed by atoms with E-state index in [0.717, 1.165) is 32.5 Å². The van der Waals surface area contributed by atoms with E-state index in [2.05, 4.69) is 40.8 Å². The normalized spacial score (nSPS) is 10.6. The number of esters is 1. The van der Waals surface area contributed by atoms with Crippen LogP contribution in [0.3, 0.4) is 0 Å². The fraction of sp³-hybridized carbons (Fsp3) is 0.533. The summed E-state index contributed by atoms with van der Waals surface area (Å²) in [5.74, 6) is -0.128. The van der Waals surface area contributed by atoms with Crippen molar-refractivity contribution in [2.24, 2.45) is 0 Å². The van der Waals surface area contributed by atoms with Gasteiger partial charge in [0.2, 0.25) is 0 Å². The van der Waals surface area contributed by atoms with E-state index in [9.17, 15) is 4.79 Å². The molecule has 0 saturated heterocycles. The van der Waals surface area contributed by atoms with Crippen LogP contribution in [0.25, 0.3) is 0 Å². The Morgan fingerprint density at radius 2 is 1.94 bits per heavy atom. The summed E-state index contributed by atoms with van der Waals surface area (Å²) >= 11 is 0. The second-order valence-electron chi connectivity index (χ2n) is 4.35. The molecule has 1 aromatic rings. The van der Waals surface area contributed by atoms with Crippen LogP contribution >= 0.6 is 0 Å². The Bertz CT molecular complexity index is 338. The smallest absolute Gasteiger partial charge is 0.306 e. The lowest BCUT2D eigenvalue weighted by Gasteiger charge is -2.19. The lowest BCUT2D eigenvalue weighted by molar-refractivity contribution is -0.140. The summed E-state index contributed by atoms with van der Waals surface area (Å²) in [5.41, 5.74) is 1.38. The third-order valence-corrected chi connectivity index (χ3v) is 3.09. The van der Waals surface area contributed by atoms with E-state index in [0.29, 0.717) is 6.42 Å². The van der Waals surface area contributed by atoms with Crippen LogP contribution in [0, 0.1) is 0 Å². The Kier molecular flexibility index (Phi) is 7.11. The Labute approximate surface area is 110 Å². The number of carbonyl (C=O) groups is 1. The van der Waals surface area contributed by atoms with Crippen molar-refractivity contribution >= 4 is 5.97 Å². The standard InChI is InChI=1S/C15H23NO2/c1-3-16(13-11-15(17)18-2)12-7-10-14-8-5-4-6-9-14/h4-6,8-9H,3,7,10-13H2,1-2H3. The molecule has 0 unspecified atom stereocenters. The van der Waals surface area contributed by atoms with Crippen molar-refractivity contribution in [3.63, 3.8) is 0 Å². The number of ether oxygens (including phenoxy) is 1. The van der Waals surface area contributed by atoms with Crippen LogP contribution in [0.2, 0.25) is 0 Å². The van der Waals surface area contributed by atoms with E-state index in [1.165, 1.54) is 12.7 Å². The zero-order valence-electron chi connectivity index (χ0n) is 11.4. The highest BCUT2D eigenvalue weighted by Gasteiger charge is 2.06. The maximum absolute atomic E-state index is 11.1. The van der Waals surface area contributed by atoms with E-state index in [1.807, 2.05) is 6.07 Å². The number of rotatable bonds is 8. The summed E-state index contributed by atoms with van der Waals surface area (Å²) in [5, 5.41) is 0. The number of hydrogen-bond donors (Lipinski definition) is 0. The Morgan fingerprint density at radius 1 is 1.22 bits per heavy atom. The number of carbonyl (C=O) groups excluding carboxylic acids is 1. The van der Waals surface area contributed by atoms with Crippen LogP contribution in [0.5, 0.6) is 0 Å². The van der Waals surface area contributed by atoms with Gasteiger partial charge in [0, 0.05) is 6.54 Å². The van der Waals surface area contributed by atoms with Crippen molar-refractivity contribution in [3.05, 3.63) is 35.9 Å². The molecular weight excluding hydrogens is 226 g/mol. The van der Waals surface area contributed by atoms with Gasteiger partial charge >= 0.3 is 5.97 Å². The van der Waals surface area contributed by atoms with Crippen molar-refractivity contribution in [2.75, 3.05) is 26.7 Å². The molecule has 0 aromatic heterocycles. The average molecular weight is 249 g/mol. The highest BCUT2D eigenvalue weighted by molar-refractivity contribution is 5.69. The minimum atomic E-state index is -0.128. The van der Waals surface area contributed by atoms with Gasteiger partial charge in [0.15, 0.2) is 0 Å². The molecule has 3 nitrogen and oxygen atoms in total. The third-order valence-electron chi connectivity index (χ3n) is 3.09. The van der Waals surface area contributed by atoms with Crippen molar-refractivity contribution in [2.45, 2.75) is 26.2 Å². The minimum Gasteiger partial charge on any atom is -0.469 e. The predicted molar refractivity (Wildman–Crippen MR) is 73.5 cm³/mol. The van der Waals surface area contributed by atoms with Gasteiger partial charge in [0.1, 0.15) is 0 Å². The lowest BCUT2D eigenvalue weighted by atomic mass is 10.1. The van der Waals surface area contributed by atoms with Crippen molar-refractivity contribution in [1.82, 2.24) is 4.90 Å². The highest BCUT2D eigenvalue weighted by atomic mass is 16.5. The van der Waals surface area contributed by atoms with Gasteiger partial charge in [0.25, 0.3) is 0 Å². The molecule has 0 radical (unpaired) electrons. The van der Waals surface area contributed by atoms with Crippen LogP contribution in [0.15, 0.2) is 30.3 Å². The van der Waals surface area contributed by atoms with Gasteiger partial charge in [-0.2, -0.15) is 0 Å². The molecule has 0 spiro atoms. The van der Waals surface area contributed by atoms with Gasteiger partial charge < -0.3 is 9.64 Å². The molecule has 0 fully saturated rings. The molecule has 0 heterocycles.